The molecule has 30 heavy (non-hydrogen) atoms. The van der Waals surface area contributed by atoms with Gasteiger partial charge in [-0.3, -0.25) is 14.1 Å². The maximum absolute atomic E-state index is 13.7. The molecule has 1 fully saturated rings. The van der Waals surface area contributed by atoms with Gasteiger partial charge in [-0.2, -0.15) is 8.62 Å². The molecule has 1 aliphatic heterocycles. The van der Waals surface area contributed by atoms with Crippen molar-refractivity contribution in [2.24, 2.45) is 0 Å². The van der Waals surface area contributed by atoms with Gasteiger partial charge in [0.25, 0.3) is 0 Å². The number of aromatic nitrogens is 2. The molecule has 0 saturated carbocycles. The topological polar surface area (TPSA) is 247 Å². The van der Waals surface area contributed by atoms with Crippen LogP contribution in [0, 0.1) is 10.5 Å². The van der Waals surface area contributed by atoms with Crippen molar-refractivity contribution in [1.82, 2.24) is 9.55 Å². The van der Waals surface area contributed by atoms with Crippen molar-refractivity contribution in [1.29, 1.82) is 0 Å². The zero-order valence-electron chi connectivity index (χ0n) is 14.3. The predicted molar refractivity (Wildman–Crippen MR) is 91.3 cm³/mol. The van der Waals surface area contributed by atoms with E-state index < -0.39 is 63.8 Å². The molecule has 0 aromatic carbocycles. The van der Waals surface area contributed by atoms with Gasteiger partial charge in [-0.25, -0.2) is 22.9 Å². The monoisotopic (exact) mass is 518 g/mol. The summed E-state index contributed by atoms with van der Waals surface area (Å²) in [7, 11) is -17.3. The maximum atomic E-state index is 13.7. The number of hydrogen-bond donors (Lipinski definition) is 7. The number of aromatic amines is 1. The third kappa shape index (κ3) is 5.97. The fraction of sp³-hybridized carbons (Fsp3) is 0.556. The van der Waals surface area contributed by atoms with Crippen LogP contribution in [0.1, 0.15) is 13.2 Å². The van der Waals surface area contributed by atoms with Crippen molar-refractivity contribution in [3.8, 4) is 0 Å². The van der Waals surface area contributed by atoms with Crippen LogP contribution in [0.2, 0.25) is 0 Å². The first kappa shape index (κ1) is 25.6. The maximum Gasteiger partial charge on any atom is 0.490 e. The molecule has 2 unspecified atom stereocenters. The van der Waals surface area contributed by atoms with Gasteiger partial charge in [0.15, 0.2) is 12.0 Å². The second kappa shape index (κ2) is 8.35. The van der Waals surface area contributed by atoms with Gasteiger partial charge in [0.1, 0.15) is 16.8 Å². The van der Waals surface area contributed by atoms with Gasteiger partial charge in [0.2, 0.25) is 5.79 Å². The average Bonchev–Trinajstić information content (AvgIpc) is 2.70. The number of phosphoric ester groups is 1. The molecule has 21 heteroatoms. The van der Waals surface area contributed by atoms with E-state index in [-0.39, 0.29) is 0 Å². The Morgan fingerprint density at radius 1 is 1.20 bits per heavy atom. The predicted octanol–water partition coefficient (Wildman–Crippen LogP) is -0.645. The first-order valence-electron chi connectivity index (χ1n) is 7.25. The summed E-state index contributed by atoms with van der Waals surface area (Å²) >= 11 is 4.51. The van der Waals surface area contributed by atoms with Crippen molar-refractivity contribution in [2.45, 2.75) is 31.1 Å². The third-order valence-electron chi connectivity index (χ3n) is 3.42. The number of nitrogens with one attached hydrogen (secondary N) is 1. The minimum Gasteiger partial charge on any atom is -0.385 e. The van der Waals surface area contributed by atoms with E-state index >= 15 is 0 Å². The van der Waals surface area contributed by atoms with Gasteiger partial charge in [0, 0.05) is 0 Å². The van der Waals surface area contributed by atoms with E-state index in [1.54, 1.807) is 0 Å². The van der Waals surface area contributed by atoms with Gasteiger partial charge < -0.3 is 34.5 Å². The molecule has 1 aliphatic rings. The summed E-state index contributed by atoms with van der Waals surface area (Å²) in [6.07, 6.45) is -5.72. The van der Waals surface area contributed by atoms with E-state index in [4.69, 9.17) is 19.4 Å². The van der Waals surface area contributed by atoms with Crippen molar-refractivity contribution in [2.75, 3.05) is 0 Å². The van der Waals surface area contributed by atoms with E-state index in [9.17, 15) is 38.0 Å². The van der Waals surface area contributed by atoms with Crippen LogP contribution >= 0.6 is 35.7 Å². The number of rotatable bonds is 7. The molecule has 7 N–H and O–H groups in total. The molecule has 1 saturated heterocycles. The zero-order chi connectivity index (χ0) is 23.3. The number of phosphoric acid groups is 3. The highest BCUT2D eigenvalue weighted by Gasteiger charge is 2.57. The molecule has 1 aromatic heterocycles. The van der Waals surface area contributed by atoms with E-state index in [0.717, 1.165) is 6.92 Å². The van der Waals surface area contributed by atoms with Crippen LogP contribution in [0.5, 0.6) is 0 Å². The highest BCUT2D eigenvalue weighted by atomic mass is 32.1. The summed E-state index contributed by atoms with van der Waals surface area (Å²) in [4.78, 5) is 49.5. The second-order valence-electron chi connectivity index (χ2n) is 5.79. The van der Waals surface area contributed by atoms with Crippen molar-refractivity contribution >= 4 is 35.7 Å². The van der Waals surface area contributed by atoms with Crippen molar-refractivity contribution in [3.63, 3.8) is 0 Å². The van der Waals surface area contributed by atoms with Gasteiger partial charge in [-0.1, -0.05) is 12.2 Å². The lowest BCUT2D eigenvalue weighted by Crippen LogP contribution is -2.42. The van der Waals surface area contributed by atoms with E-state index in [2.05, 4.69) is 25.4 Å². The lowest BCUT2D eigenvalue weighted by molar-refractivity contribution is -0.214. The Kier molecular flexibility index (Phi) is 7.12. The lowest BCUT2D eigenvalue weighted by atomic mass is 10.1. The van der Waals surface area contributed by atoms with E-state index in [1.165, 1.54) is 0 Å². The number of ether oxygens (including phenoxy) is 1. The number of aliphatic hydroxyl groups is 2. The summed E-state index contributed by atoms with van der Waals surface area (Å²) in [5.41, 5.74) is -1.11. The smallest absolute Gasteiger partial charge is 0.385 e. The number of aliphatic hydroxyl groups excluding tert-OH is 2. The summed E-state index contributed by atoms with van der Waals surface area (Å²) < 4.78 is 63.9. The molecule has 6 atom stereocenters. The van der Waals surface area contributed by atoms with Gasteiger partial charge in [-0.05, 0) is 6.92 Å². The van der Waals surface area contributed by atoms with Crippen LogP contribution < -0.4 is 5.69 Å². The summed E-state index contributed by atoms with van der Waals surface area (Å²) in [5.74, 6) is -3.85. The third-order valence-corrected chi connectivity index (χ3v) is 7.64. The van der Waals surface area contributed by atoms with E-state index in [1.807, 2.05) is 4.98 Å². The Morgan fingerprint density at radius 2 is 1.77 bits per heavy atom. The Balaban J connectivity index is 2.30. The largest absolute Gasteiger partial charge is 0.490 e. The Morgan fingerprint density at radius 3 is 2.30 bits per heavy atom. The summed E-state index contributed by atoms with van der Waals surface area (Å²) in [5, 5.41) is 20.2. The Hall–Kier alpha value is -0.680. The molecule has 16 nitrogen and oxygen atoms in total. The van der Waals surface area contributed by atoms with Crippen LogP contribution in [-0.2, 0) is 31.6 Å². The van der Waals surface area contributed by atoms with Gasteiger partial charge in [-0.15, -0.1) is 0 Å². The zero-order valence-corrected chi connectivity index (χ0v) is 17.8. The van der Waals surface area contributed by atoms with Gasteiger partial charge in [0.05, 0.1) is 6.20 Å². The van der Waals surface area contributed by atoms with E-state index in [0.29, 0.717) is 10.8 Å². The molecule has 0 spiro atoms. The van der Waals surface area contributed by atoms with Crippen LogP contribution in [0.25, 0.3) is 0 Å². The number of H-pyrrole nitrogens is 1. The molecule has 2 rings (SSSR count). The number of hydrogen-bond acceptors (Lipinski definition) is 11. The fourth-order valence-electron chi connectivity index (χ4n) is 2.32. The molecule has 0 radical (unpaired) electrons. The Labute approximate surface area is 169 Å². The van der Waals surface area contributed by atoms with Crippen LogP contribution in [0.3, 0.4) is 0 Å². The molecular formula is C9H14FN2O14P3S. The molecule has 0 aliphatic carbocycles. The summed E-state index contributed by atoms with van der Waals surface area (Å²) in [6.45, 7) is 0.728. The van der Waals surface area contributed by atoms with Crippen molar-refractivity contribution in [3.05, 3.63) is 27.1 Å². The number of nitrogens with zero attached hydrogens (tertiary/aromatic N) is 1. The molecule has 2 heterocycles. The molecular weight excluding hydrogens is 504 g/mol. The number of halogens is 1. The van der Waals surface area contributed by atoms with Crippen molar-refractivity contribution < 1.29 is 65.8 Å². The SMILES string of the molecule is C[C@]1(OP(=O)(O)OP(=O)(O)OP(=O)(O)O)O[C@@H](n2cc(F)c(=S)[nH]c2=O)[C@@H](O)[C@H]1O. The molecule has 0 bridgehead atoms. The molecule has 1 aromatic rings. The minimum absolute atomic E-state index is 0.393. The second-order valence-corrected chi connectivity index (χ2v) is 10.5. The van der Waals surface area contributed by atoms with Crippen LogP contribution in [0.15, 0.2) is 11.0 Å². The summed E-state index contributed by atoms with van der Waals surface area (Å²) in [6, 6.07) is 0. The average molecular weight is 518 g/mol. The van der Waals surface area contributed by atoms with Crippen LogP contribution in [0.4, 0.5) is 4.39 Å². The lowest BCUT2D eigenvalue weighted by Gasteiger charge is -2.29. The standard InChI is InChI=1S/C9H14FN2O14P3S/c1-9(24-28(19,20)26-29(21,22)25-27(16,17)18)5(14)4(13)7(23-9)12-2-3(10)6(30)11-8(12)15/h2,4-5,7,13-14H,1H3,(H,19,20)(H,21,22)(H,11,15,30)(H2,16,17,18)/t4-,5+,7+,9+/m0/s1. The molecule has 0 amide bonds. The van der Waals surface area contributed by atoms with Gasteiger partial charge >= 0.3 is 29.2 Å². The Bertz CT molecular complexity index is 1090. The minimum atomic E-state index is -5.87. The fourth-order valence-corrected chi connectivity index (χ4v) is 5.71. The normalized spacial score (nSPS) is 31.3. The quantitative estimate of drug-likeness (QED) is 0.175. The van der Waals surface area contributed by atoms with Crippen LogP contribution in [-0.4, -0.2) is 57.3 Å². The molecule has 172 valence electrons. The highest BCUT2D eigenvalue weighted by molar-refractivity contribution is 7.71. The highest BCUT2D eigenvalue weighted by Crippen LogP contribution is 2.67. The first-order chi connectivity index (χ1) is 13.4. The first-order valence-corrected chi connectivity index (χ1v) is 12.2.